The number of nitrogens with one attached hydrogen (secondary N) is 1. The molecular weight excluding hydrogens is 204 g/mol. The van der Waals surface area contributed by atoms with Gasteiger partial charge in [-0.25, -0.2) is 0 Å². The van der Waals surface area contributed by atoms with Gasteiger partial charge in [0.05, 0.1) is 5.51 Å². The molecule has 1 heterocycles. The first-order valence-corrected chi connectivity index (χ1v) is 6.74. The van der Waals surface area contributed by atoms with E-state index < -0.39 is 0 Å². The molecule has 3 atom stereocenters. The number of thiazole rings is 1. The van der Waals surface area contributed by atoms with Crippen LogP contribution in [0.4, 0.5) is 0 Å². The van der Waals surface area contributed by atoms with Crippen molar-refractivity contribution in [2.24, 2.45) is 11.8 Å². The summed E-state index contributed by atoms with van der Waals surface area (Å²) in [4.78, 5) is 5.44. The largest absolute Gasteiger partial charge is 0.309 e. The Morgan fingerprint density at radius 1 is 1.40 bits per heavy atom. The third kappa shape index (κ3) is 3.02. The standard InChI is InChI=1S/C12H20N2S/c1-9-3-4-11(5-10(9)2)14-7-12-6-13-8-15-12/h6,8-11,14H,3-5,7H2,1-2H3. The molecule has 0 saturated heterocycles. The van der Waals surface area contributed by atoms with Crippen LogP contribution in [-0.2, 0) is 6.54 Å². The summed E-state index contributed by atoms with van der Waals surface area (Å²) in [7, 11) is 0. The molecule has 1 aromatic heterocycles. The van der Waals surface area contributed by atoms with Crippen molar-refractivity contribution in [2.45, 2.75) is 45.7 Å². The number of rotatable bonds is 3. The Balaban J connectivity index is 1.76. The summed E-state index contributed by atoms with van der Waals surface area (Å²) < 4.78 is 0. The topological polar surface area (TPSA) is 24.9 Å². The third-order valence-electron chi connectivity index (χ3n) is 3.65. The van der Waals surface area contributed by atoms with E-state index in [-0.39, 0.29) is 0 Å². The van der Waals surface area contributed by atoms with Gasteiger partial charge in [-0.3, -0.25) is 4.98 Å². The van der Waals surface area contributed by atoms with Gasteiger partial charge < -0.3 is 5.32 Å². The molecule has 1 aliphatic carbocycles. The van der Waals surface area contributed by atoms with Crippen LogP contribution >= 0.6 is 11.3 Å². The summed E-state index contributed by atoms with van der Waals surface area (Å²) in [5.41, 5.74) is 1.91. The lowest BCUT2D eigenvalue weighted by atomic mass is 9.79. The van der Waals surface area contributed by atoms with Crippen LogP contribution in [-0.4, -0.2) is 11.0 Å². The number of aromatic nitrogens is 1. The maximum Gasteiger partial charge on any atom is 0.0794 e. The van der Waals surface area contributed by atoms with Gasteiger partial charge in [-0.1, -0.05) is 13.8 Å². The highest BCUT2D eigenvalue weighted by Gasteiger charge is 2.23. The van der Waals surface area contributed by atoms with Crippen molar-refractivity contribution < 1.29 is 0 Å². The number of hydrogen-bond donors (Lipinski definition) is 1. The van der Waals surface area contributed by atoms with Gasteiger partial charge in [0.1, 0.15) is 0 Å². The van der Waals surface area contributed by atoms with E-state index in [9.17, 15) is 0 Å². The fourth-order valence-corrected chi connectivity index (χ4v) is 2.85. The van der Waals surface area contributed by atoms with Crippen molar-refractivity contribution in [1.82, 2.24) is 10.3 Å². The molecule has 1 aromatic rings. The van der Waals surface area contributed by atoms with Gasteiger partial charge in [0.25, 0.3) is 0 Å². The lowest BCUT2D eigenvalue weighted by molar-refractivity contribution is 0.226. The monoisotopic (exact) mass is 224 g/mol. The van der Waals surface area contributed by atoms with E-state index in [1.165, 1.54) is 24.1 Å². The Morgan fingerprint density at radius 3 is 2.93 bits per heavy atom. The second-order valence-corrected chi connectivity index (χ2v) is 5.78. The van der Waals surface area contributed by atoms with Crippen LogP contribution in [0, 0.1) is 11.8 Å². The maximum atomic E-state index is 4.09. The summed E-state index contributed by atoms with van der Waals surface area (Å²) in [6.45, 7) is 5.76. The van der Waals surface area contributed by atoms with Gasteiger partial charge in [0.2, 0.25) is 0 Å². The molecule has 0 bridgehead atoms. The zero-order chi connectivity index (χ0) is 10.7. The second-order valence-electron chi connectivity index (χ2n) is 4.81. The highest BCUT2D eigenvalue weighted by atomic mass is 32.1. The first-order chi connectivity index (χ1) is 7.25. The van der Waals surface area contributed by atoms with E-state index in [1.54, 1.807) is 11.3 Å². The zero-order valence-corrected chi connectivity index (χ0v) is 10.4. The summed E-state index contributed by atoms with van der Waals surface area (Å²) >= 11 is 1.74. The smallest absolute Gasteiger partial charge is 0.0794 e. The molecule has 0 radical (unpaired) electrons. The van der Waals surface area contributed by atoms with Crippen LogP contribution in [0.5, 0.6) is 0 Å². The van der Waals surface area contributed by atoms with Crippen LogP contribution in [0.2, 0.25) is 0 Å². The van der Waals surface area contributed by atoms with Crippen molar-refractivity contribution in [3.8, 4) is 0 Å². The Bertz CT molecular complexity index is 284. The molecule has 3 heteroatoms. The summed E-state index contributed by atoms with van der Waals surface area (Å²) in [5, 5.41) is 3.65. The van der Waals surface area contributed by atoms with Crippen molar-refractivity contribution in [3.05, 3.63) is 16.6 Å². The van der Waals surface area contributed by atoms with Crippen LogP contribution in [0.1, 0.15) is 38.0 Å². The van der Waals surface area contributed by atoms with Gasteiger partial charge in [0, 0.05) is 23.7 Å². The fourth-order valence-electron chi connectivity index (χ4n) is 2.31. The average Bonchev–Trinajstić information content (AvgIpc) is 2.73. The predicted octanol–water partition coefficient (Wildman–Crippen LogP) is 3.06. The van der Waals surface area contributed by atoms with E-state index in [2.05, 4.69) is 24.1 Å². The Hall–Kier alpha value is -0.410. The van der Waals surface area contributed by atoms with Crippen molar-refractivity contribution in [3.63, 3.8) is 0 Å². The van der Waals surface area contributed by atoms with E-state index >= 15 is 0 Å². The van der Waals surface area contributed by atoms with E-state index in [0.29, 0.717) is 0 Å². The second kappa shape index (κ2) is 5.08. The first-order valence-electron chi connectivity index (χ1n) is 5.86. The number of nitrogens with zero attached hydrogens (tertiary/aromatic N) is 1. The Morgan fingerprint density at radius 2 is 2.27 bits per heavy atom. The molecule has 1 saturated carbocycles. The highest BCUT2D eigenvalue weighted by Crippen LogP contribution is 2.29. The van der Waals surface area contributed by atoms with Gasteiger partial charge >= 0.3 is 0 Å². The normalized spacial score (nSPS) is 31.7. The lowest BCUT2D eigenvalue weighted by Crippen LogP contribution is -2.35. The van der Waals surface area contributed by atoms with Crippen molar-refractivity contribution in [1.29, 1.82) is 0 Å². The quantitative estimate of drug-likeness (QED) is 0.853. The van der Waals surface area contributed by atoms with E-state index in [4.69, 9.17) is 0 Å². The summed E-state index contributed by atoms with van der Waals surface area (Å²) in [6, 6.07) is 0.721. The highest BCUT2D eigenvalue weighted by molar-refractivity contribution is 7.09. The van der Waals surface area contributed by atoms with Crippen LogP contribution in [0.15, 0.2) is 11.7 Å². The molecule has 1 aliphatic rings. The van der Waals surface area contributed by atoms with Crippen LogP contribution in [0.3, 0.4) is 0 Å². The molecule has 15 heavy (non-hydrogen) atoms. The molecule has 0 spiro atoms. The minimum Gasteiger partial charge on any atom is -0.309 e. The van der Waals surface area contributed by atoms with Gasteiger partial charge in [-0.2, -0.15) is 0 Å². The van der Waals surface area contributed by atoms with Crippen molar-refractivity contribution in [2.75, 3.05) is 0 Å². The lowest BCUT2D eigenvalue weighted by Gasteiger charge is -2.32. The van der Waals surface area contributed by atoms with E-state index in [0.717, 1.165) is 24.4 Å². The molecule has 2 rings (SSSR count). The molecule has 3 unspecified atom stereocenters. The maximum absolute atomic E-state index is 4.09. The minimum atomic E-state index is 0.721. The Kier molecular flexibility index (Phi) is 3.76. The van der Waals surface area contributed by atoms with Gasteiger partial charge in [-0.05, 0) is 31.1 Å². The molecule has 0 aromatic carbocycles. The summed E-state index contributed by atoms with van der Waals surface area (Å²) in [6.07, 6.45) is 6.01. The molecule has 0 aliphatic heterocycles. The van der Waals surface area contributed by atoms with Crippen LogP contribution in [0.25, 0.3) is 0 Å². The fraction of sp³-hybridized carbons (Fsp3) is 0.750. The molecule has 1 fully saturated rings. The Labute approximate surface area is 96.1 Å². The van der Waals surface area contributed by atoms with Crippen molar-refractivity contribution >= 4 is 11.3 Å². The van der Waals surface area contributed by atoms with Gasteiger partial charge in [0.15, 0.2) is 0 Å². The van der Waals surface area contributed by atoms with Gasteiger partial charge in [-0.15, -0.1) is 11.3 Å². The molecule has 0 amide bonds. The predicted molar refractivity (Wildman–Crippen MR) is 64.9 cm³/mol. The molecule has 1 N–H and O–H groups in total. The molecule has 2 nitrogen and oxygen atoms in total. The zero-order valence-electron chi connectivity index (χ0n) is 9.57. The minimum absolute atomic E-state index is 0.721. The number of hydrogen-bond acceptors (Lipinski definition) is 3. The molecular formula is C12H20N2S. The third-order valence-corrected chi connectivity index (χ3v) is 4.43. The van der Waals surface area contributed by atoms with Crippen LogP contribution < -0.4 is 5.32 Å². The van der Waals surface area contributed by atoms with E-state index in [1.807, 2.05) is 11.7 Å². The average molecular weight is 224 g/mol. The summed E-state index contributed by atoms with van der Waals surface area (Å²) in [5.74, 6) is 1.78. The molecule has 84 valence electrons. The first kappa shape index (κ1) is 11.1. The SMILES string of the molecule is CC1CCC(NCc2cncs2)CC1C.